The highest BCUT2D eigenvalue weighted by Crippen LogP contribution is 2.55. The van der Waals surface area contributed by atoms with Crippen molar-refractivity contribution in [1.82, 2.24) is 15.0 Å². The molecule has 0 bridgehead atoms. The van der Waals surface area contributed by atoms with Crippen LogP contribution < -0.4 is 4.90 Å². The Morgan fingerprint density at radius 1 is 0.673 bits per heavy atom. The monoisotopic (exact) mass is 688 g/mol. The number of allylic oxidation sites excluding steroid dienone is 11. The zero-order valence-electron chi connectivity index (χ0n) is 28.8. The molecule has 0 saturated heterocycles. The van der Waals surface area contributed by atoms with Gasteiger partial charge in [-0.1, -0.05) is 78.9 Å². The zero-order chi connectivity index (χ0) is 34.2. The first-order valence-corrected chi connectivity index (χ1v) is 19.4. The molecule has 3 heterocycles. The second-order valence-electron chi connectivity index (χ2n) is 14.5. The molecule has 0 radical (unpaired) electrons. The van der Waals surface area contributed by atoms with Crippen LogP contribution in [0.5, 0.6) is 0 Å². The van der Waals surface area contributed by atoms with E-state index < -0.39 is 0 Å². The Bertz CT molecular complexity index is 2650. The van der Waals surface area contributed by atoms with Crippen LogP contribution in [-0.4, -0.2) is 15.0 Å². The lowest BCUT2D eigenvalue weighted by molar-refractivity contribution is 0.627. The molecule has 5 aliphatic rings. The third-order valence-electron chi connectivity index (χ3n) is 11.5. The van der Waals surface area contributed by atoms with Gasteiger partial charge in [0.2, 0.25) is 0 Å². The molecule has 0 fully saturated rings. The van der Waals surface area contributed by atoms with Crippen molar-refractivity contribution >= 4 is 48.3 Å². The molecule has 250 valence electrons. The van der Waals surface area contributed by atoms with E-state index in [9.17, 15) is 0 Å². The molecule has 1 aliphatic heterocycles. The predicted molar refractivity (Wildman–Crippen MR) is 216 cm³/mol. The van der Waals surface area contributed by atoms with Crippen molar-refractivity contribution < 1.29 is 0 Å². The minimum Gasteiger partial charge on any atom is -0.317 e. The summed E-state index contributed by atoms with van der Waals surface area (Å²) in [6, 6.07) is 33.3. The minimum atomic E-state index is 0.299. The first-order valence-electron chi connectivity index (χ1n) is 18.6. The Morgan fingerprint density at radius 3 is 2.38 bits per heavy atom. The summed E-state index contributed by atoms with van der Waals surface area (Å²) in [5, 5.41) is 2.54. The number of nitrogens with zero attached hydrogens (tertiary/aromatic N) is 4. The normalized spacial score (nSPS) is 20.3. The van der Waals surface area contributed by atoms with Crippen LogP contribution in [0.2, 0.25) is 0 Å². The molecule has 6 aromatic rings. The molecule has 4 nitrogen and oxygen atoms in total. The summed E-state index contributed by atoms with van der Waals surface area (Å²) in [5.74, 6) is 2.90. The highest BCUT2D eigenvalue weighted by atomic mass is 32.1. The number of rotatable bonds is 4. The van der Waals surface area contributed by atoms with E-state index in [1.807, 2.05) is 11.3 Å². The second kappa shape index (κ2) is 12.0. The van der Waals surface area contributed by atoms with Crippen LogP contribution in [-0.2, 0) is 6.42 Å². The SMILES string of the molecule is C1=CC2=CC=C3C(C4=C(CCc5ccccc54)N3c3ccc(-c4nc(C5=CCCCC5)nc(-c5ccc6sc7ccccc7c6c5)n4)cc3)C2C=C1. The minimum absolute atomic E-state index is 0.299. The van der Waals surface area contributed by atoms with E-state index in [0.717, 1.165) is 54.3 Å². The van der Waals surface area contributed by atoms with Crippen molar-refractivity contribution in [3.8, 4) is 22.8 Å². The number of aromatic nitrogens is 3. The number of fused-ring (bicyclic) bond motifs is 9. The Balaban J connectivity index is 1.02. The lowest BCUT2D eigenvalue weighted by Crippen LogP contribution is -2.25. The van der Waals surface area contributed by atoms with Crippen LogP contribution in [0, 0.1) is 11.8 Å². The van der Waals surface area contributed by atoms with Crippen LogP contribution in [0.25, 0.3) is 54.1 Å². The van der Waals surface area contributed by atoms with Gasteiger partial charge in [-0.3, -0.25) is 0 Å². The third kappa shape index (κ3) is 4.76. The molecule has 0 saturated carbocycles. The number of thiophene rings is 1. The first kappa shape index (κ1) is 30.0. The molecule has 2 atom stereocenters. The molecule has 5 heteroatoms. The van der Waals surface area contributed by atoms with Crippen molar-refractivity contribution in [2.24, 2.45) is 11.8 Å². The number of hydrogen-bond donors (Lipinski definition) is 0. The molecular formula is C47H36N4S. The van der Waals surface area contributed by atoms with E-state index in [1.165, 1.54) is 77.9 Å². The summed E-state index contributed by atoms with van der Waals surface area (Å²) in [6.45, 7) is 0. The fourth-order valence-corrected chi connectivity index (χ4v) is 10.2. The standard InChI is InChI=1S/C47H36N4S/c1-2-12-31(13-3-1)45-48-46(50-47(49-45)33-22-27-42-38(28-33)37-16-8-9-17-41(37)52-42)32-18-23-34(24-19-32)51-39-25-20-29-10-4-6-14-35(29)43(39)44-36-15-7-5-11-30(36)21-26-40(44)51/h4-12,14-20,22-25,27-28,35,43H,1-3,13,21,26H2. The number of anilines is 1. The van der Waals surface area contributed by atoms with Crippen LogP contribution in [0.15, 0.2) is 150 Å². The Hall–Kier alpha value is -5.65. The van der Waals surface area contributed by atoms with E-state index in [-0.39, 0.29) is 0 Å². The quantitative estimate of drug-likeness (QED) is 0.185. The van der Waals surface area contributed by atoms with Gasteiger partial charge in [0.05, 0.1) is 0 Å². The third-order valence-corrected chi connectivity index (χ3v) is 12.7. The van der Waals surface area contributed by atoms with Gasteiger partial charge in [0, 0.05) is 60.2 Å². The van der Waals surface area contributed by atoms with Crippen molar-refractivity contribution in [2.75, 3.05) is 4.90 Å². The second-order valence-corrected chi connectivity index (χ2v) is 15.6. The van der Waals surface area contributed by atoms with Crippen LogP contribution >= 0.6 is 11.3 Å². The van der Waals surface area contributed by atoms with Gasteiger partial charge in [-0.15, -0.1) is 11.3 Å². The maximum atomic E-state index is 5.17. The van der Waals surface area contributed by atoms with E-state index >= 15 is 0 Å². The highest BCUT2D eigenvalue weighted by Gasteiger charge is 2.44. The lowest BCUT2D eigenvalue weighted by atomic mass is 9.72. The molecular weight excluding hydrogens is 653 g/mol. The Kier molecular flexibility index (Phi) is 6.91. The Morgan fingerprint density at radius 2 is 1.48 bits per heavy atom. The average Bonchev–Trinajstić information content (AvgIpc) is 3.77. The summed E-state index contributed by atoms with van der Waals surface area (Å²) in [6.07, 6.45) is 22.7. The van der Waals surface area contributed by atoms with E-state index in [2.05, 4.69) is 138 Å². The summed E-state index contributed by atoms with van der Waals surface area (Å²) in [7, 11) is 0. The van der Waals surface area contributed by atoms with Gasteiger partial charge in [0.25, 0.3) is 0 Å². The van der Waals surface area contributed by atoms with Crippen molar-refractivity contribution in [3.63, 3.8) is 0 Å². The van der Waals surface area contributed by atoms with Gasteiger partial charge in [0.1, 0.15) is 0 Å². The van der Waals surface area contributed by atoms with Crippen molar-refractivity contribution in [1.29, 1.82) is 0 Å². The average molecular weight is 689 g/mol. The van der Waals surface area contributed by atoms with Crippen LogP contribution in [0.3, 0.4) is 0 Å². The summed E-state index contributed by atoms with van der Waals surface area (Å²) in [5.41, 5.74) is 13.0. The maximum absolute atomic E-state index is 5.17. The topological polar surface area (TPSA) is 41.9 Å². The molecule has 4 aliphatic carbocycles. The summed E-state index contributed by atoms with van der Waals surface area (Å²) >= 11 is 1.84. The van der Waals surface area contributed by atoms with Gasteiger partial charge < -0.3 is 4.90 Å². The van der Waals surface area contributed by atoms with Crippen LogP contribution in [0.1, 0.15) is 49.1 Å². The van der Waals surface area contributed by atoms with Gasteiger partial charge in [-0.05, 0) is 121 Å². The number of aryl methyl sites for hydroxylation is 1. The van der Waals surface area contributed by atoms with Gasteiger partial charge >= 0.3 is 0 Å². The smallest absolute Gasteiger partial charge is 0.164 e. The zero-order valence-corrected chi connectivity index (χ0v) is 29.6. The Labute approximate surface area is 307 Å². The fourth-order valence-electron chi connectivity index (χ4n) is 9.08. The van der Waals surface area contributed by atoms with Gasteiger partial charge in [-0.2, -0.15) is 0 Å². The molecule has 2 aromatic heterocycles. The molecule has 52 heavy (non-hydrogen) atoms. The first-order chi connectivity index (χ1) is 25.8. The van der Waals surface area contributed by atoms with E-state index in [0.29, 0.717) is 11.8 Å². The molecule has 0 spiro atoms. The fraction of sp³-hybridized carbons (Fsp3) is 0.170. The lowest BCUT2D eigenvalue weighted by Gasteiger charge is -2.32. The van der Waals surface area contributed by atoms with E-state index in [1.54, 1.807) is 0 Å². The number of benzene rings is 4. The maximum Gasteiger partial charge on any atom is 0.164 e. The summed E-state index contributed by atoms with van der Waals surface area (Å²) < 4.78 is 2.58. The summed E-state index contributed by atoms with van der Waals surface area (Å²) in [4.78, 5) is 18.0. The molecule has 4 aromatic carbocycles. The molecule has 0 N–H and O–H groups in total. The van der Waals surface area contributed by atoms with Crippen LogP contribution in [0.4, 0.5) is 5.69 Å². The molecule has 11 rings (SSSR count). The highest BCUT2D eigenvalue weighted by molar-refractivity contribution is 7.25. The van der Waals surface area contributed by atoms with Gasteiger partial charge in [-0.25, -0.2) is 15.0 Å². The van der Waals surface area contributed by atoms with Gasteiger partial charge in [0.15, 0.2) is 17.5 Å². The van der Waals surface area contributed by atoms with E-state index in [4.69, 9.17) is 15.0 Å². The largest absolute Gasteiger partial charge is 0.317 e. The molecule has 0 amide bonds. The predicted octanol–water partition coefficient (Wildman–Crippen LogP) is 11.9. The van der Waals surface area contributed by atoms with Crippen molar-refractivity contribution in [3.05, 3.63) is 167 Å². The number of hydrogen-bond acceptors (Lipinski definition) is 5. The molecule has 2 unspecified atom stereocenters. The van der Waals surface area contributed by atoms with Crippen molar-refractivity contribution in [2.45, 2.75) is 38.5 Å².